The van der Waals surface area contributed by atoms with Crippen molar-refractivity contribution in [1.82, 2.24) is 0 Å². The number of halogens is 1. The summed E-state index contributed by atoms with van der Waals surface area (Å²) in [5.74, 6) is -1.67. The molecule has 1 amide bonds. The number of carboxylic acid groups (broad SMARTS) is 1. The molecule has 0 saturated heterocycles. The van der Waals surface area contributed by atoms with E-state index in [9.17, 15) is 9.59 Å². The van der Waals surface area contributed by atoms with Crippen molar-refractivity contribution in [2.24, 2.45) is 5.92 Å². The molecule has 0 fully saturated rings. The van der Waals surface area contributed by atoms with E-state index in [1.54, 1.807) is 19.1 Å². The standard InChI is InChI=1S/C12H14BrNO3/c1-8(12(16)17)7-14(9(2)15)11-5-3-10(13)4-6-11/h3-6,8H,7H2,1-2H3,(H,16,17). The molecule has 0 spiro atoms. The van der Waals surface area contributed by atoms with E-state index in [0.29, 0.717) is 5.69 Å². The number of nitrogens with zero attached hydrogens (tertiary/aromatic N) is 1. The first-order valence-corrected chi connectivity index (χ1v) is 5.97. The van der Waals surface area contributed by atoms with Crippen LogP contribution >= 0.6 is 15.9 Å². The first kappa shape index (κ1) is 13.7. The molecule has 0 aromatic heterocycles. The van der Waals surface area contributed by atoms with Crippen LogP contribution in [0, 0.1) is 5.92 Å². The minimum atomic E-state index is -0.909. The first-order chi connectivity index (χ1) is 7.91. The lowest BCUT2D eigenvalue weighted by Crippen LogP contribution is -2.35. The molecule has 0 heterocycles. The molecule has 0 radical (unpaired) electrons. The third-order valence-electron chi connectivity index (χ3n) is 2.40. The molecule has 92 valence electrons. The van der Waals surface area contributed by atoms with Crippen molar-refractivity contribution in [3.63, 3.8) is 0 Å². The maximum atomic E-state index is 11.5. The number of carbonyl (C=O) groups excluding carboxylic acids is 1. The molecule has 0 aliphatic heterocycles. The fourth-order valence-electron chi connectivity index (χ4n) is 1.39. The molecule has 1 rings (SSSR count). The molecule has 4 nitrogen and oxygen atoms in total. The van der Waals surface area contributed by atoms with Gasteiger partial charge in [-0.05, 0) is 24.3 Å². The molecule has 1 aromatic rings. The Morgan fingerprint density at radius 1 is 1.35 bits per heavy atom. The molecule has 1 unspecified atom stereocenters. The second-order valence-corrected chi connectivity index (χ2v) is 4.76. The number of hydrogen-bond acceptors (Lipinski definition) is 2. The van der Waals surface area contributed by atoms with Crippen molar-refractivity contribution in [3.05, 3.63) is 28.7 Å². The van der Waals surface area contributed by atoms with Crippen molar-refractivity contribution < 1.29 is 14.7 Å². The Hall–Kier alpha value is -1.36. The Morgan fingerprint density at radius 2 is 1.88 bits per heavy atom. The van der Waals surface area contributed by atoms with E-state index in [1.165, 1.54) is 11.8 Å². The van der Waals surface area contributed by atoms with Gasteiger partial charge in [0.05, 0.1) is 5.92 Å². The average Bonchev–Trinajstić information content (AvgIpc) is 2.26. The summed E-state index contributed by atoms with van der Waals surface area (Å²) in [6.45, 7) is 3.18. The van der Waals surface area contributed by atoms with Gasteiger partial charge >= 0.3 is 5.97 Å². The monoisotopic (exact) mass is 299 g/mol. The molecular weight excluding hydrogens is 286 g/mol. The highest BCUT2D eigenvalue weighted by Crippen LogP contribution is 2.19. The van der Waals surface area contributed by atoms with Crippen LogP contribution in [-0.2, 0) is 9.59 Å². The molecule has 0 aliphatic rings. The van der Waals surface area contributed by atoms with Crippen molar-refractivity contribution in [2.45, 2.75) is 13.8 Å². The molecule has 17 heavy (non-hydrogen) atoms. The zero-order chi connectivity index (χ0) is 13.0. The Bertz CT molecular complexity index is 416. The Balaban J connectivity index is 2.90. The molecule has 1 atom stereocenters. The van der Waals surface area contributed by atoms with Gasteiger partial charge in [-0.15, -0.1) is 0 Å². The lowest BCUT2D eigenvalue weighted by molar-refractivity contribution is -0.140. The van der Waals surface area contributed by atoms with Gasteiger partial charge in [0.15, 0.2) is 0 Å². The van der Waals surface area contributed by atoms with E-state index in [2.05, 4.69) is 15.9 Å². The number of aliphatic carboxylic acids is 1. The van der Waals surface area contributed by atoms with E-state index in [-0.39, 0.29) is 12.5 Å². The topological polar surface area (TPSA) is 57.6 Å². The van der Waals surface area contributed by atoms with Crippen LogP contribution in [0.15, 0.2) is 28.7 Å². The SMILES string of the molecule is CC(=O)N(CC(C)C(=O)O)c1ccc(Br)cc1. The predicted molar refractivity (Wildman–Crippen MR) is 69.0 cm³/mol. The van der Waals surface area contributed by atoms with Crippen molar-refractivity contribution in [2.75, 3.05) is 11.4 Å². The van der Waals surface area contributed by atoms with Gasteiger partial charge in [-0.2, -0.15) is 0 Å². The summed E-state index contributed by atoms with van der Waals surface area (Å²) in [6, 6.07) is 7.19. The number of carbonyl (C=O) groups is 2. The highest BCUT2D eigenvalue weighted by atomic mass is 79.9. The summed E-state index contributed by atoms with van der Waals surface area (Å²) >= 11 is 3.31. The van der Waals surface area contributed by atoms with Crippen molar-refractivity contribution >= 4 is 33.5 Å². The van der Waals surface area contributed by atoms with Gasteiger partial charge in [0, 0.05) is 23.6 Å². The van der Waals surface area contributed by atoms with Gasteiger partial charge in [0.2, 0.25) is 5.91 Å². The normalized spacial score (nSPS) is 11.9. The molecule has 0 saturated carbocycles. The minimum absolute atomic E-state index is 0.166. The maximum absolute atomic E-state index is 11.5. The molecule has 5 heteroatoms. The number of amides is 1. The molecule has 1 N–H and O–H groups in total. The number of carboxylic acids is 1. The quantitative estimate of drug-likeness (QED) is 0.929. The average molecular weight is 300 g/mol. The van der Waals surface area contributed by atoms with E-state index in [4.69, 9.17) is 5.11 Å². The number of rotatable bonds is 4. The van der Waals surface area contributed by atoms with Gasteiger partial charge in [-0.1, -0.05) is 22.9 Å². The van der Waals surface area contributed by atoms with Crippen LogP contribution < -0.4 is 4.90 Å². The van der Waals surface area contributed by atoms with E-state index in [0.717, 1.165) is 4.47 Å². The highest BCUT2D eigenvalue weighted by molar-refractivity contribution is 9.10. The fraction of sp³-hybridized carbons (Fsp3) is 0.333. The largest absolute Gasteiger partial charge is 0.481 e. The number of hydrogen-bond donors (Lipinski definition) is 1. The van der Waals surface area contributed by atoms with Gasteiger partial charge in [0.25, 0.3) is 0 Å². The summed E-state index contributed by atoms with van der Waals surface area (Å²) in [5, 5.41) is 8.86. The van der Waals surface area contributed by atoms with Gasteiger partial charge < -0.3 is 10.0 Å². The number of anilines is 1. The third kappa shape index (κ3) is 3.85. The van der Waals surface area contributed by atoms with Gasteiger partial charge in [-0.3, -0.25) is 9.59 Å². The molecule has 0 bridgehead atoms. The van der Waals surface area contributed by atoms with Crippen molar-refractivity contribution in [3.8, 4) is 0 Å². The van der Waals surface area contributed by atoms with Crippen LogP contribution in [0.25, 0.3) is 0 Å². The minimum Gasteiger partial charge on any atom is -0.481 e. The van der Waals surface area contributed by atoms with Crippen LogP contribution in [0.2, 0.25) is 0 Å². The first-order valence-electron chi connectivity index (χ1n) is 5.18. The van der Waals surface area contributed by atoms with Crippen LogP contribution in [-0.4, -0.2) is 23.5 Å². The summed E-state index contributed by atoms with van der Waals surface area (Å²) in [6.07, 6.45) is 0. The summed E-state index contributed by atoms with van der Waals surface area (Å²) < 4.78 is 0.913. The zero-order valence-electron chi connectivity index (χ0n) is 9.68. The van der Waals surface area contributed by atoms with Gasteiger partial charge in [0.1, 0.15) is 0 Å². The Labute approximate surface area is 108 Å². The van der Waals surface area contributed by atoms with Gasteiger partial charge in [-0.25, -0.2) is 0 Å². The van der Waals surface area contributed by atoms with E-state index >= 15 is 0 Å². The second-order valence-electron chi connectivity index (χ2n) is 3.85. The fourth-order valence-corrected chi connectivity index (χ4v) is 1.65. The maximum Gasteiger partial charge on any atom is 0.308 e. The smallest absolute Gasteiger partial charge is 0.308 e. The summed E-state index contributed by atoms with van der Waals surface area (Å²) in [4.78, 5) is 23.8. The number of benzene rings is 1. The van der Waals surface area contributed by atoms with Crippen molar-refractivity contribution in [1.29, 1.82) is 0 Å². The highest BCUT2D eigenvalue weighted by Gasteiger charge is 2.19. The second kappa shape index (κ2) is 5.82. The molecule has 0 aliphatic carbocycles. The molecule has 1 aromatic carbocycles. The Kier molecular flexibility index (Phi) is 4.69. The van der Waals surface area contributed by atoms with Crippen LogP contribution in [0.1, 0.15) is 13.8 Å². The van der Waals surface area contributed by atoms with E-state index in [1.807, 2.05) is 12.1 Å². The van der Waals surface area contributed by atoms with Crippen LogP contribution in [0.4, 0.5) is 5.69 Å². The Morgan fingerprint density at radius 3 is 2.29 bits per heavy atom. The van der Waals surface area contributed by atoms with Crippen LogP contribution in [0.3, 0.4) is 0 Å². The summed E-state index contributed by atoms with van der Waals surface area (Å²) in [5.41, 5.74) is 0.703. The lowest BCUT2D eigenvalue weighted by Gasteiger charge is -2.23. The predicted octanol–water partition coefficient (Wildman–Crippen LogP) is 2.52. The third-order valence-corrected chi connectivity index (χ3v) is 2.93. The van der Waals surface area contributed by atoms with E-state index < -0.39 is 11.9 Å². The summed E-state index contributed by atoms with van der Waals surface area (Å²) in [7, 11) is 0. The zero-order valence-corrected chi connectivity index (χ0v) is 11.3. The van der Waals surface area contributed by atoms with Crippen LogP contribution in [0.5, 0.6) is 0 Å². The molecular formula is C12H14BrNO3. The lowest BCUT2D eigenvalue weighted by atomic mass is 10.1.